The zero-order valence-electron chi connectivity index (χ0n) is 29.3. The van der Waals surface area contributed by atoms with Crippen LogP contribution in [0.3, 0.4) is 0 Å². The smallest absolute Gasteiger partial charge is 0.279 e. The van der Waals surface area contributed by atoms with Crippen LogP contribution in [-0.2, 0) is 39.4 Å². The molecular weight excluding hydrogens is 740 g/mol. The molecular formula is C40H41BrN4O6Si. The van der Waals surface area contributed by atoms with Gasteiger partial charge < -0.3 is 24.4 Å². The number of aliphatic hydroxyl groups is 1. The molecule has 1 fully saturated rings. The first-order valence-corrected chi connectivity index (χ1v) is 21.5. The minimum absolute atomic E-state index is 0.0163. The monoisotopic (exact) mass is 780 g/mol. The van der Waals surface area contributed by atoms with Crippen molar-refractivity contribution in [3.63, 3.8) is 0 Å². The van der Waals surface area contributed by atoms with Crippen LogP contribution in [0.5, 0.6) is 0 Å². The topological polar surface area (TPSA) is 128 Å². The van der Waals surface area contributed by atoms with Crippen molar-refractivity contribution in [2.75, 3.05) is 11.5 Å². The van der Waals surface area contributed by atoms with Gasteiger partial charge in [0.1, 0.15) is 0 Å². The van der Waals surface area contributed by atoms with Gasteiger partial charge in [0.2, 0.25) is 5.91 Å². The molecule has 52 heavy (non-hydrogen) atoms. The minimum Gasteiger partial charge on any atom is -0.432 e. The molecule has 4 aromatic carbocycles. The van der Waals surface area contributed by atoms with Crippen LogP contribution in [0, 0.1) is 5.92 Å². The summed E-state index contributed by atoms with van der Waals surface area (Å²) in [5.74, 6) is -0.839. The molecule has 268 valence electrons. The van der Waals surface area contributed by atoms with Crippen LogP contribution >= 0.6 is 15.9 Å². The summed E-state index contributed by atoms with van der Waals surface area (Å²) in [6, 6.07) is 28.2. The number of H-pyrrole nitrogens is 1. The van der Waals surface area contributed by atoms with E-state index in [-0.39, 0.29) is 43.0 Å². The second-order valence-corrected chi connectivity index (χ2v) is 19.8. The number of fused-ring (bicyclic) bond motifs is 4. The number of anilines is 1. The van der Waals surface area contributed by atoms with Crippen LogP contribution in [0.25, 0.3) is 16.6 Å². The van der Waals surface area contributed by atoms with Crippen molar-refractivity contribution in [1.82, 2.24) is 14.7 Å². The molecule has 0 saturated carbocycles. The summed E-state index contributed by atoms with van der Waals surface area (Å²) in [4.78, 5) is 57.3. The Hall–Kier alpha value is -4.33. The van der Waals surface area contributed by atoms with Gasteiger partial charge in [0.15, 0.2) is 13.9 Å². The quantitative estimate of drug-likeness (QED) is 0.180. The maximum absolute atomic E-state index is 14.9. The van der Waals surface area contributed by atoms with E-state index in [1.54, 1.807) is 15.9 Å². The Bertz CT molecular complexity index is 2260. The molecule has 1 aromatic heterocycles. The van der Waals surface area contributed by atoms with Crippen molar-refractivity contribution >= 4 is 52.7 Å². The first-order valence-electron chi connectivity index (χ1n) is 17.7. The molecule has 2 amide bonds. The number of ether oxygens (including phenoxy) is 1. The van der Waals surface area contributed by atoms with Crippen LogP contribution in [0.1, 0.15) is 35.6 Å². The number of carbonyl (C=O) groups excluding carboxylic acids is 2. The Morgan fingerprint density at radius 2 is 1.71 bits per heavy atom. The number of aromatic nitrogens is 2. The number of nitrogens with one attached hydrogen (secondary N) is 1. The average molecular weight is 782 g/mol. The van der Waals surface area contributed by atoms with Crippen LogP contribution in [0.15, 0.2) is 100 Å². The molecule has 10 nitrogen and oxygen atoms in total. The van der Waals surface area contributed by atoms with E-state index in [4.69, 9.17) is 4.74 Å². The third-order valence-electron chi connectivity index (χ3n) is 11.3. The van der Waals surface area contributed by atoms with E-state index in [1.807, 2.05) is 105 Å². The summed E-state index contributed by atoms with van der Waals surface area (Å²) in [5.41, 5.74) is 3.91. The molecule has 8 rings (SSSR count). The summed E-state index contributed by atoms with van der Waals surface area (Å²) in [7, 11) is -3.02. The van der Waals surface area contributed by atoms with Crippen LogP contribution in [-0.4, -0.2) is 63.5 Å². The molecule has 5 atom stereocenters. The van der Waals surface area contributed by atoms with Crippen LogP contribution < -0.4 is 10.5 Å². The Labute approximate surface area is 310 Å². The average Bonchev–Trinajstić information content (AvgIpc) is 3.71. The largest absolute Gasteiger partial charge is 0.432 e. The van der Waals surface area contributed by atoms with E-state index < -0.39 is 31.5 Å². The summed E-state index contributed by atoms with van der Waals surface area (Å²) >= 11 is 3.62. The van der Waals surface area contributed by atoms with Gasteiger partial charge in [0.25, 0.3) is 11.5 Å². The lowest BCUT2D eigenvalue weighted by Gasteiger charge is -2.37. The summed E-state index contributed by atoms with van der Waals surface area (Å²) in [6.07, 6.45) is -0.171. The zero-order valence-corrected chi connectivity index (χ0v) is 31.8. The number of para-hydroxylation sites is 1. The van der Waals surface area contributed by atoms with E-state index in [0.29, 0.717) is 35.3 Å². The lowest BCUT2D eigenvalue weighted by molar-refractivity contribution is -0.151. The molecule has 1 spiro atoms. The summed E-state index contributed by atoms with van der Waals surface area (Å²) < 4.78 is 9.26. The number of carbonyl (C=O) groups is 2. The summed E-state index contributed by atoms with van der Waals surface area (Å²) in [5, 5.41) is 14.1. The fraction of sp³-hybridized carbons (Fsp3) is 0.325. The van der Waals surface area contributed by atoms with E-state index in [2.05, 4.69) is 21.0 Å². The molecule has 0 bridgehead atoms. The van der Waals surface area contributed by atoms with Crippen molar-refractivity contribution in [2.45, 2.75) is 69.2 Å². The number of hydrogen-bond donors (Lipinski definition) is 3. The first kappa shape index (κ1) is 34.7. The predicted octanol–water partition coefficient (Wildman–Crippen LogP) is 5.76. The van der Waals surface area contributed by atoms with Crippen molar-refractivity contribution in [1.29, 1.82) is 0 Å². The standard InChI is InChI=1S/C40H41BrN4O6Si/c1-24-37(52(2,3)50)35(20-36(47)43-22-27-9-5-4-8-26(27)18-30(43)23-46)51-40(24)32-19-28(41)14-17-34(32)44(39(40)49)21-25-12-15-29(16-13-25)45-38(48)31-10-6-7-11-33(31)42-45/h4-17,19,24,30,35,37,42,46,50H,18,20-23H2,1-3H3/t24-,30+,35+,37-,40+/m1/s1. The number of nitrogens with zero attached hydrogens (tertiary/aromatic N) is 3. The van der Waals surface area contributed by atoms with E-state index in [9.17, 15) is 24.3 Å². The van der Waals surface area contributed by atoms with Crippen molar-refractivity contribution in [3.05, 3.63) is 128 Å². The van der Waals surface area contributed by atoms with E-state index in [0.717, 1.165) is 26.7 Å². The Kier molecular flexibility index (Phi) is 8.66. The molecule has 1 saturated heterocycles. The zero-order chi connectivity index (χ0) is 36.5. The van der Waals surface area contributed by atoms with E-state index in [1.165, 1.54) is 4.68 Å². The number of hydrogen-bond acceptors (Lipinski definition) is 6. The Balaban J connectivity index is 1.10. The molecule has 4 heterocycles. The maximum atomic E-state index is 14.9. The normalized spacial score (nSPS) is 24.2. The third-order valence-corrected chi connectivity index (χ3v) is 14.3. The highest BCUT2D eigenvalue weighted by molar-refractivity contribution is 9.10. The van der Waals surface area contributed by atoms with E-state index >= 15 is 0 Å². The molecule has 3 N–H and O–H groups in total. The number of halogens is 1. The number of aromatic amines is 1. The van der Waals surface area contributed by atoms with Crippen molar-refractivity contribution in [3.8, 4) is 5.69 Å². The van der Waals surface area contributed by atoms with Gasteiger partial charge in [-0.1, -0.05) is 71.4 Å². The SMILES string of the molecule is C[C@@H]1[C@@H]([Si](C)(C)O)[C@H](CC(=O)N2Cc3ccccc3C[C@H]2CO)O[C@@]12C(=O)N(Cc1ccc(-n3[nH]c4ccccc4c3=O)cc1)c1ccc(Br)cc12. The van der Waals surface area contributed by atoms with Crippen LogP contribution in [0.2, 0.25) is 18.6 Å². The molecule has 0 unspecified atom stereocenters. The minimum atomic E-state index is -3.02. The second kappa shape index (κ2) is 13.0. The molecule has 12 heteroatoms. The summed E-state index contributed by atoms with van der Waals surface area (Å²) in [6.45, 7) is 6.14. The number of aliphatic hydroxyl groups excluding tert-OH is 1. The third kappa shape index (κ3) is 5.59. The second-order valence-electron chi connectivity index (χ2n) is 14.9. The van der Waals surface area contributed by atoms with Crippen molar-refractivity contribution < 1.29 is 24.2 Å². The van der Waals surface area contributed by atoms with Gasteiger partial charge in [-0.25, -0.2) is 4.68 Å². The molecule has 3 aliphatic heterocycles. The maximum Gasteiger partial charge on any atom is 0.279 e. The Morgan fingerprint density at radius 1 is 1.00 bits per heavy atom. The fourth-order valence-electron chi connectivity index (χ4n) is 8.91. The number of amides is 2. The van der Waals surface area contributed by atoms with Gasteiger partial charge in [-0.15, -0.1) is 0 Å². The first-order chi connectivity index (χ1) is 24.9. The molecule has 0 radical (unpaired) electrons. The number of benzene rings is 4. The van der Waals surface area contributed by atoms with Crippen molar-refractivity contribution in [2.24, 2.45) is 5.92 Å². The lowest BCUT2D eigenvalue weighted by Crippen LogP contribution is -2.48. The predicted molar refractivity (Wildman–Crippen MR) is 205 cm³/mol. The molecule has 3 aliphatic rings. The van der Waals surface area contributed by atoms with Gasteiger partial charge in [0, 0.05) is 28.0 Å². The number of rotatable bonds is 7. The Morgan fingerprint density at radius 3 is 2.42 bits per heavy atom. The molecule has 0 aliphatic carbocycles. The highest BCUT2D eigenvalue weighted by Gasteiger charge is 2.66. The van der Waals surface area contributed by atoms with Gasteiger partial charge in [-0.3, -0.25) is 19.5 Å². The fourth-order valence-corrected chi connectivity index (χ4v) is 11.8. The van der Waals surface area contributed by atoms with Gasteiger partial charge in [-0.2, -0.15) is 0 Å². The highest BCUT2D eigenvalue weighted by atomic mass is 79.9. The van der Waals surface area contributed by atoms with Gasteiger partial charge in [-0.05, 0) is 78.7 Å². The molecule has 5 aromatic rings. The van der Waals surface area contributed by atoms with Gasteiger partial charge in [0.05, 0.1) is 54.0 Å². The van der Waals surface area contributed by atoms with Gasteiger partial charge >= 0.3 is 0 Å². The highest BCUT2D eigenvalue weighted by Crippen LogP contribution is 2.60. The van der Waals surface area contributed by atoms with Crippen LogP contribution in [0.4, 0.5) is 5.69 Å². The lowest BCUT2D eigenvalue weighted by atomic mass is 9.82.